The fraction of sp³-hybridized carbons (Fsp3) is 0.409. The van der Waals surface area contributed by atoms with Crippen LogP contribution in [0.25, 0.3) is 21.3 Å². The van der Waals surface area contributed by atoms with Gasteiger partial charge in [0.25, 0.3) is 0 Å². The molecular formula is C22H26N4O2S. The first kappa shape index (κ1) is 19.8. The predicted molar refractivity (Wildman–Crippen MR) is 117 cm³/mol. The fourth-order valence-corrected chi connectivity index (χ4v) is 4.96. The molecule has 1 aliphatic heterocycles. The van der Waals surface area contributed by atoms with Crippen molar-refractivity contribution in [2.75, 3.05) is 25.0 Å². The molecule has 4 rings (SSSR count). The molecule has 7 heteroatoms. The smallest absolute Gasteiger partial charge is 0.224 e. The summed E-state index contributed by atoms with van der Waals surface area (Å²) in [5, 5.41) is 15.8. The van der Waals surface area contributed by atoms with Crippen molar-refractivity contribution >= 4 is 33.3 Å². The van der Waals surface area contributed by atoms with E-state index in [4.69, 9.17) is 0 Å². The number of carbonyl (C=O) groups excluding carboxylic acids is 1. The highest BCUT2D eigenvalue weighted by Crippen LogP contribution is 2.36. The molecule has 152 valence electrons. The Hall–Kier alpha value is -2.51. The Morgan fingerprint density at radius 1 is 1.24 bits per heavy atom. The zero-order valence-corrected chi connectivity index (χ0v) is 17.2. The van der Waals surface area contributed by atoms with E-state index in [0.29, 0.717) is 19.4 Å². The van der Waals surface area contributed by atoms with E-state index in [2.05, 4.69) is 32.8 Å². The number of aromatic nitrogens is 2. The summed E-state index contributed by atoms with van der Waals surface area (Å²) in [6, 6.07) is 10.4. The molecule has 1 saturated heterocycles. The quantitative estimate of drug-likeness (QED) is 0.617. The number of rotatable bonds is 7. The monoisotopic (exact) mass is 410 g/mol. The van der Waals surface area contributed by atoms with Crippen LogP contribution in [0.1, 0.15) is 32.1 Å². The number of carbonyl (C=O) groups is 1. The molecule has 3 heterocycles. The first-order valence-electron chi connectivity index (χ1n) is 10.2. The van der Waals surface area contributed by atoms with Crippen LogP contribution in [0.15, 0.2) is 42.0 Å². The number of hydrogen-bond acceptors (Lipinski definition) is 6. The number of benzene rings is 1. The third-order valence-corrected chi connectivity index (χ3v) is 6.38. The van der Waals surface area contributed by atoms with Gasteiger partial charge >= 0.3 is 0 Å². The first-order chi connectivity index (χ1) is 14.3. The number of piperidine rings is 1. The molecule has 6 nitrogen and oxygen atoms in total. The molecule has 1 amide bonds. The largest absolute Gasteiger partial charge is 0.396 e. The second kappa shape index (κ2) is 9.33. The molecule has 2 N–H and O–H groups in total. The summed E-state index contributed by atoms with van der Waals surface area (Å²) >= 11 is 1.60. The standard InChI is InChI=1S/C22H26N4O2S/c27-13-10-17-8-4-5-12-26(17)19(28)9-11-23-21-20-18(16-6-2-1-3-7-16)14-29-22(20)25-15-24-21/h1-3,6-7,14-15,17,27H,4-5,8-13H2,(H,23,24,25). The van der Waals surface area contributed by atoms with Gasteiger partial charge in [-0.25, -0.2) is 9.97 Å². The third-order valence-electron chi connectivity index (χ3n) is 5.50. The van der Waals surface area contributed by atoms with Crippen LogP contribution in [0, 0.1) is 0 Å². The minimum atomic E-state index is 0.131. The maximum atomic E-state index is 12.7. The van der Waals surface area contributed by atoms with Crippen LogP contribution in [0.3, 0.4) is 0 Å². The molecule has 1 unspecified atom stereocenters. The van der Waals surface area contributed by atoms with E-state index >= 15 is 0 Å². The van der Waals surface area contributed by atoms with E-state index in [-0.39, 0.29) is 18.6 Å². The van der Waals surface area contributed by atoms with Crippen LogP contribution in [0.4, 0.5) is 5.82 Å². The van der Waals surface area contributed by atoms with Crippen molar-refractivity contribution in [3.63, 3.8) is 0 Å². The maximum Gasteiger partial charge on any atom is 0.224 e. The Morgan fingerprint density at radius 2 is 2.10 bits per heavy atom. The number of hydrogen-bond donors (Lipinski definition) is 2. The van der Waals surface area contributed by atoms with Crippen molar-refractivity contribution in [3.05, 3.63) is 42.0 Å². The van der Waals surface area contributed by atoms with Gasteiger partial charge in [-0.1, -0.05) is 30.3 Å². The molecule has 1 fully saturated rings. The summed E-state index contributed by atoms with van der Waals surface area (Å²) in [5.41, 5.74) is 2.24. The number of aliphatic hydroxyl groups excluding tert-OH is 1. The molecule has 1 aliphatic rings. The molecule has 29 heavy (non-hydrogen) atoms. The van der Waals surface area contributed by atoms with Gasteiger partial charge in [0.2, 0.25) is 5.91 Å². The molecule has 0 radical (unpaired) electrons. The van der Waals surface area contributed by atoms with Gasteiger partial charge in [-0.05, 0) is 31.2 Å². The molecular weight excluding hydrogens is 384 g/mol. The van der Waals surface area contributed by atoms with Crippen LogP contribution >= 0.6 is 11.3 Å². The van der Waals surface area contributed by atoms with E-state index in [1.54, 1.807) is 17.7 Å². The van der Waals surface area contributed by atoms with Crippen LogP contribution in [0.5, 0.6) is 0 Å². The van der Waals surface area contributed by atoms with Gasteiger partial charge in [0.1, 0.15) is 17.0 Å². The lowest BCUT2D eigenvalue weighted by atomic mass is 9.99. The lowest BCUT2D eigenvalue weighted by molar-refractivity contribution is -0.134. The Bertz CT molecular complexity index is 958. The van der Waals surface area contributed by atoms with Gasteiger partial charge in [-0.2, -0.15) is 0 Å². The van der Waals surface area contributed by atoms with Gasteiger partial charge in [-0.15, -0.1) is 11.3 Å². The zero-order valence-electron chi connectivity index (χ0n) is 16.4. The average molecular weight is 411 g/mol. The van der Waals surface area contributed by atoms with Crippen LogP contribution < -0.4 is 5.32 Å². The average Bonchev–Trinajstić information content (AvgIpc) is 3.20. The van der Waals surface area contributed by atoms with Crippen molar-refractivity contribution in [1.82, 2.24) is 14.9 Å². The van der Waals surface area contributed by atoms with Crippen molar-refractivity contribution in [3.8, 4) is 11.1 Å². The van der Waals surface area contributed by atoms with E-state index in [9.17, 15) is 9.90 Å². The van der Waals surface area contributed by atoms with Gasteiger partial charge in [0, 0.05) is 43.1 Å². The van der Waals surface area contributed by atoms with Crippen LogP contribution in [-0.4, -0.2) is 51.6 Å². The Balaban J connectivity index is 1.46. The number of anilines is 1. The summed E-state index contributed by atoms with van der Waals surface area (Å²) < 4.78 is 0. The zero-order chi connectivity index (χ0) is 20.1. The number of thiophene rings is 1. The van der Waals surface area contributed by atoms with Gasteiger partial charge in [0.05, 0.1) is 5.39 Å². The molecule has 2 aromatic heterocycles. The van der Waals surface area contributed by atoms with Crippen LogP contribution in [-0.2, 0) is 4.79 Å². The summed E-state index contributed by atoms with van der Waals surface area (Å²) in [6.07, 6.45) is 5.82. The summed E-state index contributed by atoms with van der Waals surface area (Å²) in [6.45, 7) is 1.45. The molecule has 0 bridgehead atoms. The molecule has 0 spiro atoms. The second-order valence-corrected chi connectivity index (χ2v) is 8.20. The molecule has 3 aromatic rings. The van der Waals surface area contributed by atoms with Crippen molar-refractivity contribution in [2.45, 2.75) is 38.1 Å². The van der Waals surface area contributed by atoms with E-state index in [0.717, 1.165) is 53.0 Å². The highest BCUT2D eigenvalue weighted by molar-refractivity contribution is 7.17. The topological polar surface area (TPSA) is 78.4 Å². The number of nitrogens with zero attached hydrogens (tertiary/aromatic N) is 3. The van der Waals surface area contributed by atoms with Crippen molar-refractivity contribution < 1.29 is 9.90 Å². The lowest BCUT2D eigenvalue weighted by Crippen LogP contribution is -2.44. The number of amides is 1. The number of fused-ring (bicyclic) bond motifs is 1. The van der Waals surface area contributed by atoms with Gasteiger partial charge in [0.15, 0.2) is 0 Å². The summed E-state index contributed by atoms with van der Waals surface area (Å²) in [7, 11) is 0. The molecule has 0 saturated carbocycles. The van der Waals surface area contributed by atoms with Crippen molar-refractivity contribution in [2.24, 2.45) is 0 Å². The number of aliphatic hydroxyl groups is 1. The van der Waals surface area contributed by atoms with E-state index < -0.39 is 0 Å². The Kier molecular flexibility index (Phi) is 6.36. The SMILES string of the molecule is O=C(CCNc1ncnc2scc(-c3ccccc3)c12)N1CCCCC1CCO. The highest BCUT2D eigenvalue weighted by Gasteiger charge is 2.25. The highest BCUT2D eigenvalue weighted by atomic mass is 32.1. The summed E-state index contributed by atoms with van der Waals surface area (Å²) in [5.74, 6) is 0.919. The number of nitrogens with one attached hydrogen (secondary N) is 1. The second-order valence-electron chi connectivity index (χ2n) is 7.34. The van der Waals surface area contributed by atoms with E-state index in [1.807, 2.05) is 23.1 Å². The maximum absolute atomic E-state index is 12.7. The summed E-state index contributed by atoms with van der Waals surface area (Å²) in [4.78, 5) is 24.5. The van der Waals surface area contributed by atoms with Crippen molar-refractivity contribution in [1.29, 1.82) is 0 Å². The Morgan fingerprint density at radius 3 is 2.93 bits per heavy atom. The molecule has 1 aromatic carbocycles. The van der Waals surface area contributed by atoms with E-state index in [1.165, 1.54) is 0 Å². The predicted octanol–water partition coefficient (Wildman–Crippen LogP) is 3.92. The Labute approximate surface area is 174 Å². The number of likely N-dealkylation sites (tertiary alicyclic amines) is 1. The fourth-order valence-electron chi connectivity index (χ4n) is 4.05. The first-order valence-corrected chi connectivity index (χ1v) is 11.1. The normalized spacial score (nSPS) is 16.9. The third kappa shape index (κ3) is 4.41. The van der Waals surface area contributed by atoms with Crippen LogP contribution in [0.2, 0.25) is 0 Å². The molecule has 1 atom stereocenters. The molecule has 0 aliphatic carbocycles. The lowest BCUT2D eigenvalue weighted by Gasteiger charge is -2.35. The van der Waals surface area contributed by atoms with Gasteiger partial charge < -0.3 is 15.3 Å². The minimum Gasteiger partial charge on any atom is -0.396 e. The minimum absolute atomic E-state index is 0.131. The van der Waals surface area contributed by atoms with Gasteiger partial charge in [-0.3, -0.25) is 4.79 Å².